The Hall–Kier alpha value is -2.61. The predicted molar refractivity (Wildman–Crippen MR) is 111 cm³/mol. The molecule has 0 bridgehead atoms. The highest BCUT2D eigenvalue weighted by Crippen LogP contribution is 2.35. The Morgan fingerprint density at radius 2 is 1.46 bits per heavy atom. The molecule has 14 heteroatoms. The fourth-order valence-corrected chi connectivity index (χ4v) is 4.37. The quantitative estimate of drug-likeness (QED) is 0.591. The van der Waals surface area contributed by atoms with Crippen LogP contribution in [-0.2, 0) is 14.3 Å². The van der Waals surface area contributed by atoms with E-state index in [0.717, 1.165) is 37.5 Å². The highest BCUT2D eigenvalue weighted by molar-refractivity contribution is 5.73. The SMILES string of the molecule is O=C(O)C(F)(F)F.O=C(O)C(F)(F)F.c1ccc(N2CC[C@H]3[C@H]2CCN3CC2CCOCC2)nc1. The summed E-state index contributed by atoms with van der Waals surface area (Å²) in [5.41, 5.74) is 0. The Bertz CT molecular complexity index is 794. The summed E-state index contributed by atoms with van der Waals surface area (Å²) in [6.45, 7) is 5.63. The number of aromatic nitrogens is 1. The number of fused-ring (bicyclic) bond motifs is 1. The Morgan fingerprint density at radius 3 is 1.94 bits per heavy atom. The first kappa shape index (κ1) is 28.6. The van der Waals surface area contributed by atoms with Crippen LogP contribution in [-0.4, -0.2) is 89.3 Å². The predicted octanol–water partition coefficient (Wildman–Crippen LogP) is 3.43. The van der Waals surface area contributed by atoms with Gasteiger partial charge in [-0.1, -0.05) is 6.07 Å². The lowest BCUT2D eigenvalue weighted by molar-refractivity contribution is -0.193. The van der Waals surface area contributed by atoms with Crippen LogP contribution < -0.4 is 4.90 Å². The molecule has 4 rings (SSSR count). The summed E-state index contributed by atoms with van der Waals surface area (Å²) in [4.78, 5) is 27.6. The fourth-order valence-electron chi connectivity index (χ4n) is 4.37. The molecule has 1 aromatic rings. The number of pyridine rings is 1. The number of carboxylic acids is 2. The fraction of sp³-hybridized carbons (Fsp3) is 0.667. The molecule has 198 valence electrons. The van der Waals surface area contributed by atoms with Crippen molar-refractivity contribution in [3.63, 3.8) is 0 Å². The number of halogens is 6. The van der Waals surface area contributed by atoms with Crippen molar-refractivity contribution < 1.29 is 50.9 Å². The van der Waals surface area contributed by atoms with Crippen LogP contribution in [0.1, 0.15) is 25.7 Å². The van der Waals surface area contributed by atoms with Crippen molar-refractivity contribution >= 4 is 17.8 Å². The molecule has 1 aromatic heterocycles. The zero-order valence-electron chi connectivity index (χ0n) is 18.6. The van der Waals surface area contributed by atoms with E-state index in [1.54, 1.807) is 0 Å². The van der Waals surface area contributed by atoms with Crippen LogP contribution in [0.4, 0.5) is 32.2 Å². The number of likely N-dealkylation sites (tertiary alicyclic amines) is 1. The summed E-state index contributed by atoms with van der Waals surface area (Å²) < 4.78 is 69.0. The van der Waals surface area contributed by atoms with E-state index in [1.807, 2.05) is 12.3 Å². The van der Waals surface area contributed by atoms with Crippen LogP contribution >= 0.6 is 0 Å². The van der Waals surface area contributed by atoms with Gasteiger partial charge in [-0.3, -0.25) is 4.90 Å². The van der Waals surface area contributed by atoms with Crippen molar-refractivity contribution in [3.05, 3.63) is 24.4 Å². The van der Waals surface area contributed by atoms with Crippen LogP contribution in [0.3, 0.4) is 0 Å². The zero-order chi connectivity index (χ0) is 26.2. The van der Waals surface area contributed by atoms with Gasteiger partial charge in [0.25, 0.3) is 0 Å². The molecule has 0 radical (unpaired) electrons. The molecule has 0 aliphatic carbocycles. The largest absolute Gasteiger partial charge is 0.490 e. The van der Waals surface area contributed by atoms with Gasteiger partial charge < -0.3 is 19.8 Å². The van der Waals surface area contributed by atoms with Gasteiger partial charge >= 0.3 is 24.3 Å². The van der Waals surface area contributed by atoms with Gasteiger partial charge in [-0.15, -0.1) is 0 Å². The van der Waals surface area contributed by atoms with E-state index >= 15 is 0 Å². The summed E-state index contributed by atoms with van der Waals surface area (Å²) in [6.07, 6.45) is -3.16. The van der Waals surface area contributed by atoms with E-state index in [1.165, 1.54) is 38.8 Å². The highest BCUT2D eigenvalue weighted by atomic mass is 19.4. The van der Waals surface area contributed by atoms with Crippen molar-refractivity contribution in [3.8, 4) is 0 Å². The maximum atomic E-state index is 10.6. The minimum Gasteiger partial charge on any atom is -0.475 e. The van der Waals surface area contributed by atoms with Crippen molar-refractivity contribution in [2.24, 2.45) is 5.92 Å². The molecule has 4 heterocycles. The molecule has 0 saturated carbocycles. The standard InChI is InChI=1S/C17H25N3O.2C2HF3O2/c1-2-8-18-17(3-1)20-10-5-15-16(20)4-9-19(15)13-14-6-11-21-12-7-14;2*3-2(4,5)1(6)7/h1-3,8,14-16H,4-7,9-13H2;2*(H,6,7)/t15-,16+;;/m0../s1. The second-order valence-electron chi connectivity index (χ2n) is 8.25. The van der Waals surface area contributed by atoms with Crippen LogP contribution in [0, 0.1) is 5.92 Å². The summed E-state index contributed by atoms with van der Waals surface area (Å²) in [5.74, 6) is -3.50. The first-order valence-corrected chi connectivity index (χ1v) is 10.9. The third-order valence-corrected chi connectivity index (χ3v) is 5.95. The number of hydrogen-bond acceptors (Lipinski definition) is 6. The molecular weight excluding hydrogens is 488 g/mol. The molecule has 3 aliphatic rings. The number of carboxylic acid groups (broad SMARTS) is 2. The number of anilines is 1. The van der Waals surface area contributed by atoms with Gasteiger partial charge in [0.1, 0.15) is 5.82 Å². The average Bonchev–Trinajstić information content (AvgIpc) is 3.38. The first-order valence-electron chi connectivity index (χ1n) is 10.9. The molecule has 2 N–H and O–H groups in total. The summed E-state index contributed by atoms with van der Waals surface area (Å²) in [7, 11) is 0. The molecule has 0 amide bonds. The van der Waals surface area contributed by atoms with Crippen LogP contribution in [0.5, 0.6) is 0 Å². The average molecular weight is 515 g/mol. The number of rotatable bonds is 3. The molecule has 3 fully saturated rings. The number of nitrogens with zero attached hydrogens (tertiary/aromatic N) is 3. The van der Waals surface area contributed by atoms with Crippen molar-refractivity contribution in [2.75, 3.05) is 37.7 Å². The van der Waals surface area contributed by atoms with E-state index < -0.39 is 24.3 Å². The van der Waals surface area contributed by atoms with Gasteiger partial charge in [0, 0.05) is 51.1 Å². The molecule has 8 nitrogen and oxygen atoms in total. The molecule has 0 unspecified atom stereocenters. The Balaban J connectivity index is 0.000000257. The van der Waals surface area contributed by atoms with E-state index in [0.29, 0.717) is 6.04 Å². The normalized spacial score (nSPS) is 23.0. The lowest BCUT2D eigenvalue weighted by atomic mass is 9.99. The third kappa shape index (κ3) is 8.84. The highest BCUT2D eigenvalue weighted by Gasteiger charge is 2.43. The number of hydrogen-bond donors (Lipinski definition) is 2. The zero-order valence-corrected chi connectivity index (χ0v) is 18.6. The Kier molecular flexibility index (Phi) is 10.1. The van der Waals surface area contributed by atoms with E-state index in [4.69, 9.17) is 24.5 Å². The third-order valence-electron chi connectivity index (χ3n) is 5.95. The first-order chi connectivity index (χ1) is 16.3. The number of aliphatic carboxylic acids is 2. The van der Waals surface area contributed by atoms with E-state index in [-0.39, 0.29) is 0 Å². The lowest BCUT2D eigenvalue weighted by Gasteiger charge is -2.30. The summed E-state index contributed by atoms with van der Waals surface area (Å²) in [5, 5.41) is 14.2. The molecule has 2 atom stereocenters. The van der Waals surface area contributed by atoms with E-state index in [2.05, 4.69) is 26.9 Å². The number of alkyl halides is 6. The smallest absolute Gasteiger partial charge is 0.475 e. The Morgan fingerprint density at radius 1 is 0.914 bits per heavy atom. The maximum Gasteiger partial charge on any atom is 0.490 e. The number of ether oxygens (including phenoxy) is 1. The number of carbonyl (C=O) groups is 2. The van der Waals surface area contributed by atoms with Gasteiger partial charge in [-0.2, -0.15) is 26.3 Å². The van der Waals surface area contributed by atoms with Crippen molar-refractivity contribution in [1.29, 1.82) is 0 Å². The lowest BCUT2D eigenvalue weighted by Crippen LogP contribution is -2.39. The molecule has 35 heavy (non-hydrogen) atoms. The Labute approximate surface area is 197 Å². The maximum absolute atomic E-state index is 10.6. The van der Waals surface area contributed by atoms with Gasteiger partial charge in [0.2, 0.25) is 0 Å². The minimum absolute atomic E-state index is 0.680. The van der Waals surface area contributed by atoms with E-state index in [9.17, 15) is 26.3 Å². The topological polar surface area (TPSA) is 103 Å². The van der Waals surface area contributed by atoms with Crippen LogP contribution in [0.25, 0.3) is 0 Å². The van der Waals surface area contributed by atoms with Crippen LogP contribution in [0.15, 0.2) is 24.4 Å². The second kappa shape index (κ2) is 12.4. The minimum atomic E-state index is -5.08. The molecule has 3 saturated heterocycles. The molecule has 0 spiro atoms. The second-order valence-corrected chi connectivity index (χ2v) is 8.25. The summed E-state index contributed by atoms with van der Waals surface area (Å²) >= 11 is 0. The molecular formula is C21H27F6N3O5. The van der Waals surface area contributed by atoms with Gasteiger partial charge in [0.15, 0.2) is 0 Å². The van der Waals surface area contributed by atoms with Gasteiger partial charge in [-0.25, -0.2) is 14.6 Å². The van der Waals surface area contributed by atoms with Crippen molar-refractivity contribution in [1.82, 2.24) is 9.88 Å². The van der Waals surface area contributed by atoms with Crippen molar-refractivity contribution in [2.45, 2.75) is 50.1 Å². The van der Waals surface area contributed by atoms with Crippen LogP contribution in [0.2, 0.25) is 0 Å². The monoisotopic (exact) mass is 515 g/mol. The molecule has 3 aliphatic heterocycles. The van der Waals surface area contributed by atoms with Gasteiger partial charge in [0.05, 0.1) is 0 Å². The molecule has 0 aromatic carbocycles. The summed E-state index contributed by atoms with van der Waals surface area (Å²) in [6, 6.07) is 7.69. The van der Waals surface area contributed by atoms with Gasteiger partial charge in [-0.05, 0) is 43.7 Å².